The zero-order chi connectivity index (χ0) is 22.4. The summed E-state index contributed by atoms with van der Waals surface area (Å²) in [6.45, 7) is 0.765. The number of carbonyl (C=O) groups excluding carboxylic acids is 1. The van der Waals surface area contributed by atoms with Crippen molar-refractivity contribution >= 4 is 27.3 Å². The van der Waals surface area contributed by atoms with Crippen LogP contribution in [-0.4, -0.2) is 17.5 Å². The third kappa shape index (κ3) is 3.16. The second-order valence-corrected chi connectivity index (χ2v) is 8.46. The number of benzene rings is 5. The number of ketones is 1. The van der Waals surface area contributed by atoms with Crippen LogP contribution in [0.15, 0.2) is 91.0 Å². The Bertz CT molecular complexity index is 1490. The zero-order valence-electron chi connectivity index (χ0n) is 18.0. The van der Waals surface area contributed by atoms with Crippen LogP contribution in [0, 0.1) is 0 Å². The number of rotatable bonds is 3. The normalized spacial score (nSPS) is 13.0. The van der Waals surface area contributed by atoms with Crippen molar-refractivity contribution in [3.8, 4) is 22.6 Å². The van der Waals surface area contributed by atoms with E-state index in [-0.39, 0.29) is 11.5 Å². The molecule has 0 saturated carbocycles. The van der Waals surface area contributed by atoms with Crippen LogP contribution in [0.5, 0.6) is 11.5 Å². The average molecular weight is 431 g/mol. The molecule has 1 aliphatic heterocycles. The molecule has 160 valence electrons. The number of hydrogen-bond acceptors (Lipinski definition) is 3. The van der Waals surface area contributed by atoms with Gasteiger partial charge in [0, 0.05) is 5.56 Å². The van der Waals surface area contributed by atoms with E-state index in [1.165, 1.54) is 5.56 Å². The van der Waals surface area contributed by atoms with Gasteiger partial charge in [-0.05, 0) is 75.3 Å². The van der Waals surface area contributed by atoms with Gasteiger partial charge in [-0.2, -0.15) is 0 Å². The fourth-order valence-corrected chi connectivity index (χ4v) is 5.00. The summed E-state index contributed by atoms with van der Waals surface area (Å²) in [6.07, 6.45) is 2.02. The van der Waals surface area contributed by atoms with Crippen LogP contribution in [0.25, 0.3) is 32.7 Å². The molecular weight excluding hydrogens is 408 g/mol. The monoisotopic (exact) mass is 430 g/mol. The van der Waals surface area contributed by atoms with E-state index in [1.54, 1.807) is 24.3 Å². The fourth-order valence-electron chi connectivity index (χ4n) is 5.00. The highest BCUT2D eigenvalue weighted by atomic mass is 16.5. The molecule has 0 fully saturated rings. The van der Waals surface area contributed by atoms with E-state index in [1.807, 2.05) is 36.4 Å². The number of phenolic OH excluding ortho intramolecular Hbond substituents is 1. The van der Waals surface area contributed by atoms with Crippen LogP contribution in [0.4, 0.5) is 0 Å². The SMILES string of the molecule is O=C(c1ccccc1O)c1c2ccccc2c(-c2ccc3c(c2)CCCO3)c2ccccc12. The molecule has 0 amide bonds. The first-order valence-electron chi connectivity index (χ1n) is 11.2. The number of para-hydroxylation sites is 1. The summed E-state index contributed by atoms with van der Waals surface area (Å²) in [5.74, 6) is 0.783. The van der Waals surface area contributed by atoms with E-state index < -0.39 is 0 Å². The Morgan fingerprint density at radius 3 is 2.09 bits per heavy atom. The van der Waals surface area contributed by atoms with Gasteiger partial charge in [0.1, 0.15) is 11.5 Å². The van der Waals surface area contributed by atoms with E-state index in [2.05, 4.69) is 30.3 Å². The highest BCUT2D eigenvalue weighted by molar-refractivity contribution is 6.28. The Kier molecular flexibility index (Phi) is 4.62. The average Bonchev–Trinajstić information content (AvgIpc) is 2.87. The van der Waals surface area contributed by atoms with Gasteiger partial charge in [0.15, 0.2) is 5.78 Å². The van der Waals surface area contributed by atoms with Crippen molar-refractivity contribution in [3.63, 3.8) is 0 Å². The van der Waals surface area contributed by atoms with Gasteiger partial charge in [0.2, 0.25) is 0 Å². The molecule has 3 heteroatoms. The lowest BCUT2D eigenvalue weighted by molar-refractivity contribution is 0.103. The van der Waals surface area contributed by atoms with Gasteiger partial charge < -0.3 is 9.84 Å². The molecule has 1 N–H and O–H groups in total. The lowest BCUT2D eigenvalue weighted by atomic mass is 9.85. The quantitative estimate of drug-likeness (QED) is 0.250. The van der Waals surface area contributed by atoms with E-state index in [0.29, 0.717) is 11.1 Å². The molecule has 5 aromatic carbocycles. The topological polar surface area (TPSA) is 46.5 Å². The number of aryl methyl sites for hydroxylation is 1. The molecule has 0 bridgehead atoms. The van der Waals surface area contributed by atoms with E-state index in [4.69, 9.17) is 4.74 Å². The first-order valence-corrected chi connectivity index (χ1v) is 11.2. The Hall–Kier alpha value is -4.11. The minimum absolute atomic E-state index is 0.00516. The van der Waals surface area contributed by atoms with Crippen molar-refractivity contribution < 1.29 is 14.6 Å². The number of fused-ring (bicyclic) bond motifs is 3. The Morgan fingerprint density at radius 2 is 1.39 bits per heavy atom. The summed E-state index contributed by atoms with van der Waals surface area (Å²) >= 11 is 0. The number of carbonyl (C=O) groups is 1. The molecule has 1 heterocycles. The molecule has 0 unspecified atom stereocenters. The molecule has 0 saturated heterocycles. The van der Waals surface area contributed by atoms with Crippen LogP contribution in [0.2, 0.25) is 0 Å². The lowest BCUT2D eigenvalue weighted by Crippen LogP contribution is -2.08. The van der Waals surface area contributed by atoms with Crippen LogP contribution >= 0.6 is 0 Å². The third-order valence-electron chi connectivity index (χ3n) is 6.50. The van der Waals surface area contributed by atoms with Gasteiger partial charge in [-0.25, -0.2) is 0 Å². The summed E-state index contributed by atoms with van der Waals surface area (Å²) in [5.41, 5.74) is 4.39. The molecule has 5 aromatic rings. The highest BCUT2D eigenvalue weighted by Crippen LogP contribution is 2.42. The molecular formula is C30H22O3. The van der Waals surface area contributed by atoms with Crippen LogP contribution in [0.1, 0.15) is 27.9 Å². The highest BCUT2D eigenvalue weighted by Gasteiger charge is 2.22. The van der Waals surface area contributed by atoms with Gasteiger partial charge in [-0.3, -0.25) is 4.79 Å². The fraction of sp³-hybridized carbons (Fsp3) is 0.100. The third-order valence-corrected chi connectivity index (χ3v) is 6.50. The molecule has 0 aromatic heterocycles. The minimum atomic E-state index is -0.175. The number of hydrogen-bond donors (Lipinski definition) is 1. The lowest BCUT2D eigenvalue weighted by Gasteiger charge is -2.20. The second-order valence-electron chi connectivity index (χ2n) is 8.46. The second kappa shape index (κ2) is 7.79. The van der Waals surface area contributed by atoms with E-state index in [0.717, 1.165) is 57.9 Å². The molecule has 0 atom stereocenters. The Balaban J connectivity index is 1.69. The predicted octanol–water partition coefficient (Wildman–Crippen LogP) is 6.92. The van der Waals surface area contributed by atoms with Gasteiger partial charge in [-0.1, -0.05) is 66.7 Å². The maximum Gasteiger partial charge on any atom is 0.197 e. The van der Waals surface area contributed by atoms with Crippen molar-refractivity contribution in [2.24, 2.45) is 0 Å². The molecule has 6 rings (SSSR count). The zero-order valence-corrected chi connectivity index (χ0v) is 18.0. The largest absolute Gasteiger partial charge is 0.507 e. The first-order chi connectivity index (χ1) is 16.2. The van der Waals surface area contributed by atoms with Gasteiger partial charge in [0.05, 0.1) is 12.2 Å². The van der Waals surface area contributed by atoms with Crippen molar-refractivity contribution in [2.75, 3.05) is 6.61 Å². The maximum atomic E-state index is 13.8. The summed E-state index contributed by atoms with van der Waals surface area (Å²) in [5, 5.41) is 14.2. The number of aromatic hydroxyl groups is 1. The summed E-state index contributed by atoms with van der Waals surface area (Å²) in [7, 11) is 0. The van der Waals surface area contributed by atoms with E-state index in [9.17, 15) is 9.90 Å². The van der Waals surface area contributed by atoms with Crippen LogP contribution < -0.4 is 4.74 Å². The van der Waals surface area contributed by atoms with Crippen molar-refractivity contribution in [3.05, 3.63) is 108 Å². The molecule has 0 aliphatic carbocycles. The van der Waals surface area contributed by atoms with Crippen molar-refractivity contribution in [1.82, 2.24) is 0 Å². The van der Waals surface area contributed by atoms with Crippen molar-refractivity contribution in [2.45, 2.75) is 12.8 Å². The first kappa shape index (κ1) is 19.6. The summed E-state index contributed by atoms with van der Waals surface area (Å²) in [4.78, 5) is 13.8. The number of ether oxygens (including phenoxy) is 1. The van der Waals surface area contributed by atoms with E-state index >= 15 is 0 Å². The van der Waals surface area contributed by atoms with Crippen molar-refractivity contribution in [1.29, 1.82) is 0 Å². The van der Waals surface area contributed by atoms with Gasteiger partial charge >= 0.3 is 0 Å². The molecule has 0 spiro atoms. The van der Waals surface area contributed by atoms with Gasteiger partial charge in [-0.15, -0.1) is 0 Å². The van der Waals surface area contributed by atoms with Crippen LogP contribution in [-0.2, 0) is 6.42 Å². The predicted molar refractivity (Wildman–Crippen MR) is 132 cm³/mol. The Labute approximate surface area is 191 Å². The van der Waals surface area contributed by atoms with Gasteiger partial charge in [0.25, 0.3) is 0 Å². The molecule has 3 nitrogen and oxygen atoms in total. The minimum Gasteiger partial charge on any atom is -0.507 e. The van der Waals surface area contributed by atoms with Crippen LogP contribution in [0.3, 0.4) is 0 Å². The standard InChI is InChI=1S/C30H22O3/c31-26-14-6-5-13-25(26)30(32)29-23-11-3-1-9-21(23)28(22-10-2-4-12-24(22)29)20-15-16-27-19(18-20)8-7-17-33-27/h1-6,9-16,18,31H,7-8,17H2. The smallest absolute Gasteiger partial charge is 0.197 e. The molecule has 0 radical (unpaired) electrons. The Morgan fingerprint density at radius 1 is 0.758 bits per heavy atom. The summed E-state index contributed by atoms with van der Waals surface area (Å²) < 4.78 is 5.83. The molecule has 33 heavy (non-hydrogen) atoms. The maximum absolute atomic E-state index is 13.8. The molecule has 1 aliphatic rings. The summed E-state index contributed by atoms with van der Waals surface area (Å²) in [6, 6.07) is 29.2. The number of phenols is 1.